The van der Waals surface area contributed by atoms with E-state index in [0.29, 0.717) is 11.6 Å². The smallest absolute Gasteiger partial charge is 0.228 e. The van der Waals surface area contributed by atoms with E-state index >= 15 is 0 Å². The second-order valence-electron chi connectivity index (χ2n) is 4.93. The number of hydrogen-bond acceptors (Lipinski definition) is 3. The number of aromatic nitrogens is 1. The van der Waals surface area contributed by atoms with Gasteiger partial charge in [-0.2, -0.15) is 0 Å². The Balaban J connectivity index is 2.23. The Bertz CT molecular complexity index is 840. The van der Waals surface area contributed by atoms with Gasteiger partial charge >= 0.3 is 0 Å². The van der Waals surface area contributed by atoms with Crippen molar-refractivity contribution in [2.45, 2.75) is 20.3 Å². The third-order valence-corrected chi connectivity index (χ3v) is 4.88. The molecule has 2 aromatic carbocycles. The summed E-state index contributed by atoms with van der Waals surface area (Å²) in [5.41, 5.74) is 11.5. The fraction of sp³-hybridized carbons (Fsp3) is 0.188. The van der Waals surface area contributed by atoms with E-state index < -0.39 is 0 Å². The van der Waals surface area contributed by atoms with Gasteiger partial charge in [0.25, 0.3) is 0 Å². The summed E-state index contributed by atoms with van der Waals surface area (Å²) in [5, 5.41) is 0. The molecule has 0 saturated carbocycles. The van der Waals surface area contributed by atoms with Gasteiger partial charge in [-0.15, -0.1) is 0 Å². The van der Waals surface area contributed by atoms with Gasteiger partial charge < -0.3 is 10.2 Å². The largest absolute Gasteiger partial charge is 0.436 e. The zero-order valence-corrected chi connectivity index (χ0v) is 14.9. The molecule has 0 amide bonds. The van der Waals surface area contributed by atoms with Crippen LogP contribution in [0.1, 0.15) is 18.1 Å². The lowest BCUT2D eigenvalue weighted by molar-refractivity contribution is 0.619. The lowest BCUT2D eigenvalue weighted by Gasteiger charge is -2.09. The third-order valence-electron chi connectivity index (χ3n) is 3.60. The zero-order chi connectivity index (χ0) is 15.1. The minimum Gasteiger partial charge on any atom is -0.436 e. The standard InChI is InChI=1S/C16H14Br2N2O/c1-3-9-4-5-13-12(6-9)20-16(21-13)14-8(2)15(19)11(18)7-10(14)17/h4-7H,3,19H2,1-2H3. The van der Waals surface area contributed by atoms with Crippen LogP contribution in [0.25, 0.3) is 22.6 Å². The topological polar surface area (TPSA) is 52.0 Å². The van der Waals surface area contributed by atoms with Crippen LogP contribution in [0.3, 0.4) is 0 Å². The van der Waals surface area contributed by atoms with E-state index in [0.717, 1.165) is 37.6 Å². The summed E-state index contributed by atoms with van der Waals surface area (Å²) in [4.78, 5) is 4.62. The van der Waals surface area contributed by atoms with Crippen LogP contribution in [0.4, 0.5) is 5.69 Å². The first-order valence-electron chi connectivity index (χ1n) is 6.65. The number of nitrogens with zero attached hydrogens (tertiary/aromatic N) is 1. The van der Waals surface area contributed by atoms with Crippen molar-refractivity contribution in [3.05, 3.63) is 44.3 Å². The molecule has 2 N–H and O–H groups in total. The van der Waals surface area contributed by atoms with Gasteiger partial charge in [-0.1, -0.05) is 13.0 Å². The molecule has 0 spiro atoms. The molecule has 0 fully saturated rings. The number of oxazole rings is 1. The normalized spacial score (nSPS) is 11.2. The van der Waals surface area contributed by atoms with Crippen molar-refractivity contribution in [1.82, 2.24) is 4.98 Å². The molecule has 0 bridgehead atoms. The average Bonchev–Trinajstić information content (AvgIpc) is 2.87. The first kappa shape index (κ1) is 14.6. The van der Waals surface area contributed by atoms with Gasteiger partial charge in [-0.3, -0.25) is 0 Å². The van der Waals surface area contributed by atoms with Crippen molar-refractivity contribution < 1.29 is 4.42 Å². The summed E-state index contributed by atoms with van der Waals surface area (Å²) >= 11 is 7.02. The molecule has 1 heterocycles. The molecule has 3 nitrogen and oxygen atoms in total. The first-order valence-corrected chi connectivity index (χ1v) is 8.23. The van der Waals surface area contributed by atoms with Gasteiger partial charge in [0.05, 0.1) is 5.56 Å². The molecule has 3 rings (SSSR count). The molecule has 108 valence electrons. The molecule has 0 aliphatic carbocycles. The van der Waals surface area contributed by atoms with E-state index in [4.69, 9.17) is 10.2 Å². The summed E-state index contributed by atoms with van der Waals surface area (Å²) in [6.45, 7) is 4.09. The second-order valence-corrected chi connectivity index (χ2v) is 6.64. The molecule has 5 heteroatoms. The molecule has 21 heavy (non-hydrogen) atoms. The highest BCUT2D eigenvalue weighted by Gasteiger charge is 2.17. The van der Waals surface area contributed by atoms with Crippen molar-refractivity contribution in [2.75, 3.05) is 5.73 Å². The number of anilines is 1. The van der Waals surface area contributed by atoms with Gasteiger partial charge in [0, 0.05) is 14.6 Å². The van der Waals surface area contributed by atoms with E-state index in [1.54, 1.807) is 0 Å². The van der Waals surface area contributed by atoms with Crippen molar-refractivity contribution in [1.29, 1.82) is 0 Å². The Labute approximate surface area is 139 Å². The monoisotopic (exact) mass is 408 g/mol. The van der Waals surface area contributed by atoms with Crippen LogP contribution in [0.15, 0.2) is 37.6 Å². The highest BCUT2D eigenvalue weighted by Crippen LogP contribution is 2.39. The van der Waals surface area contributed by atoms with Crippen molar-refractivity contribution in [2.24, 2.45) is 0 Å². The predicted molar refractivity (Wildman–Crippen MR) is 93.4 cm³/mol. The van der Waals surface area contributed by atoms with Crippen LogP contribution >= 0.6 is 31.9 Å². The maximum absolute atomic E-state index is 6.09. The van der Waals surface area contributed by atoms with E-state index in [9.17, 15) is 0 Å². The molecule has 3 aromatic rings. The minimum atomic E-state index is 0.585. The second kappa shape index (κ2) is 5.46. The lowest BCUT2D eigenvalue weighted by atomic mass is 10.1. The van der Waals surface area contributed by atoms with Crippen LogP contribution in [0, 0.1) is 6.92 Å². The highest BCUT2D eigenvalue weighted by molar-refractivity contribution is 9.11. The highest BCUT2D eigenvalue weighted by atomic mass is 79.9. The number of hydrogen-bond donors (Lipinski definition) is 1. The number of nitrogens with two attached hydrogens (primary N) is 1. The summed E-state index contributed by atoms with van der Waals surface area (Å²) < 4.78 is 7.67. The Hall–Kier alpha value is -1.33. The fourth-order valence-electron chi connectivity index (χ4n) is 2.32. The van der Waals surface area contributed by atoms with Gasteiger partial charge in [-0.05, 0) is 74.5 Å². The van der Waals surface area contributed by atoms with Gasteiger partial charge in [0.2, 0.25) is 5.89 Å². The maximum Gasteiger partial charge on any atom is 0.228 e. The number of fused-ring (bicyclic) bond motifs is 1. The fourth-order valence-corrected chi connectivity index (χ4v) is 3.85. The molecule has 1 aromatic heterocycles. The Morgan fingerprint density at radius 1 is 1.19 bits per heavy atom. The van der Waals surface area contributed by atoms with Gasteiger partial charge in [0.15, 0.2) is 5.58 Å². The van der Waals surface area contributed by atoms with E-state index in [-0.39, 0.29) is 0 Å². The molecule has 0 atom stereocenters. The average molecular weight is 410 g/mol. The molecular formula is C16H14Br2N2O. The molecule has 0 aliphatic heterocycles. The Morgan fingerprint density at radius 2 is 1.95 bits per heavy atom. The Morgan fingerprint density at radius 3 is 2.67 bits per heavy atom. The quantitative estimate of drug-likeness (QED) is 0.570. The van der Waals surface area contributed by atoms with Gasteiger partial charge in [-0.25, -0.2) is 4.98 Å². The summed E-state index contributed by atoms with van der Waals surface area (Å²) in [6, 6.07) is 8.02. The number of benzene rings is 2. The van der Waals surface area contributed by atoms with Crippen LogP contribution in [0.5, 0.6) is 0 Å². The number of nitrogen functional groups attached to an aromatic ring is 1. The van der Waals surface area contributed by atoms with Gasteiger partial charge in [0.1, 0.15) is 5.52 Å². The number of halogens is 2. The van der Waals surface area contributed by atoms with E-state index in [1.807, 2.05) is 19.1 Å². The maximum atomic E-state index is 6.09. The molecular weight excluding hydrogens is 396 g/mol. The summed E-state index contributed by atoms with van der Waals surface area (Å²) in [5.74, 6) is 0.585. The van der Waals surface area contributed by atoms with Crippen molar-refractivity contribution in [3.63, 3.8) is 0 Å². The van der Waals surface area contributed by atoms with Crippen molar-refractivity contribution >= 4 is 48.6 Å². The van der Waals surface area contributed by atoms with Crippen LogP contribution in [0.2, 0.25) is 0 Å². The number of aryl methyl sites for hydroxylation is 1. The van der Waals surface area contributed by atoms with Crippen LogP contribution in [-0.4, -0.2) is 4.98 Å². The lowest BCUT2D eigenvalue weighted by Crippen LogP contribution is -1.95. The van der Waals surface area contributed by atoms with E-state index in [2.05, 4.69) is 55.9 Å². The molecule has 0 unspecified atom stereocenters. The Kier molecular flexibility index (Phi) is 3.80. The molecule has 0 radical (unpaired) electrons. The predicted octanol–water partition coefficient (Wildman–Crippen LogP) is 5.47. The summed E-state index contributed by atoms with van der Waals surface area (Å²) in [7, 11) is 0. The zero-order valence-electron chi connectivity index (χ0n) is 11.7. The van der Waals surface area contributed by atoms with Crippen molar-refractivity contribution in [3.8, 4) is 11.5 Å². The number of rotatable bonds is 2. The first-order chi connectivity index (χ1) is 10.0. The minimum absolute atomic E-state index is 0.585. The van der Waals surface area contributed by atoms with Crippen LogP contribution in [-0.2, 0) is 6.42 Å². The SMILES string of the molecule is CCc1ccc2oc(-c3c(Br)cc(Br)c(N)c3C)nc2c1. The van der Waals surface area contributed by atoms with E-state index in [1.165, 1.54) is 5.56 Å². The molecule has 0 saturated heterocycles. The summed E-state index contributed by atoms with van der Waals surface area (Å²) in [6.07, 6.45) is 0.978. The molecule has 0 aliphatic rings. The third kappa shape index (κ3) is 2.49. The van der Waals surface area contributed by atoms with Crippen LogP contribution < -0.4 is 5.73 Å².